The highest BCUT2D eigenvalue weighted by atomic mass is 16.3. The van der Waals surface area contributed by atoms with Gasteiger partial charge in [0.15, 0.2) is 5.58 Å². The molecule has 10 rings (SSSR count). The third-order valence-corrected chi connectivity index (χ3v) is 9.59. The van der Waals surface area contributed by atoms with Gasteiger partial charge in [0.1, 0.15) is 5.58 Å². The first-order chi connectivity index (χ1) is 22.8. The van der Waals surface area contributed by atoms with E-state index in [4.69, 9.17) is 4.42 Å². The van der Waals surface area contributed by atoms with Crippen LogP contribution in [0.1, 0.15) is 0 Å². The van der Waals surface area contributed by atoms with Crippen molar-refractivity contribution in [1.29, 1.82) is 0 Å². The average Bonchev–Trinajstić information content (AvgIpc) is 3.67. The number of hydrogen-bond donors (Lipinski definition) is 0. The van der Waals surface area contributed by atoms with Crippen LogP contribution in [0.15, 0.2) is 168 Å². The van der Waals surface area contributed by atoms with E-state index in [2.05, 4.69) is 162 Å². The maximum atomic E-state index is 6.57. The number of rotatable bonds is 3. The molecule has 0 bridgehead atoms. The van der Waals surface area contributed by atoms with Crippen LogP contribution < -0.4 is 0 Å². The molecule has 0 amide bonds. The van der Waals surface area contributed by atoms with E-state index in [0.717, 1.165) is 33.1 Å². The standard InChI is InChI=1S/C44H27NO/c1-2-12-28(13-3-1)41-33-16-4-6-18-35(33)42(36-19-7-5-17-34(36)41)29-22-24-30(25-23-29)45-39-20-10-8-14-31(39)37-26-27-38-32-15-9-11-21-40(32)46-44(38)43(37)45/h1-27H. The molecule has 0 fully saturated rings. The maximum Gasteiger partial charge on any atom is 0.160 e. The van der Waals surface area contributed by atoms with E-state index in [-0.39, 0.29) is 0 Å². The van der Waals surface area contributed by atoms with E-state index in [1.54, 1.807) is 0 Å². The lowest BCUT2D eigenvalue weighted by Crippen LogP contribution is -1.95. The zero-order valence-corrected chi connectivity index (χ0v) is 24.9. The lowest BCUT2D eigenvalue weighted by Gasteiger charge is -2.18. The monoisotopic (exact) mass is 585 g/mol. The van der Waals surface area contributed by atoms with E-state index in [9.17, 15) is 0 Å². The summed E-state index contributed by atoms with van der Waals surface area (Å²) in [7, 11) is 0. The first-order valence-corrected chi connectivity index (χ1v) is 15.8. The third-order valence-electron chi connectivity index (χ3n) is 9.59. The number of hydrogen-bond acceptors (Lipinski definition) is 1. The van der Waals surface area contributed by atoms with Crippen molar-refractivity contribution < 1.29 is 4.42 Å². The van der Waals surface area contributed by atoms with E-state index in [1.165, 1.54) is 60.1 Å². The van der Waals surface area contributed by atoms with Gasteiger partial charge in [-0.15, -0.1) is 0 Å². The molecule has 0 radical (unpaired) electrons. The van der Waals surface area contributed by atoms with Crippen molar-refractivity contribution in [2.24, 2.45) is 0 Å². The summed E-state index contributed by atoms with van der Waals surface area (Å²) in [6.07, 6.45) is 0. The van der Waals surface area contributed by atoms with Crippen LogP contribution in [0.25, 0.3) is 93.2 Å². The molecule has 2 heterocycles. The normalized spacial score (nSPS) is 11.9. The van der Waals surface area contributed by atoms with Gasteiger partial charge in [-0.3, -0.25) is 0 Å². The fourth-order valence-corrected chi connectivity index (χ4v) is 7.63. The van der Waals surface area contributed by atoms with Crippen molar-refractivity contribution >= 4 is 65.3 Å². The highest BCUT2D eigenvalue weighted by Crippen LogP contribution is 2.44. The second-order valence-electron chi connectivity index (χ2n) is 12.0. The zero-order valence-electron chi connectivity index (χ0n) is 24.9. The molecule has 0 atom stereocenters. The molecule has 8 aromatic carbocycles. The van der Waals surface area contributed by atoms with Crippen LogP contribution in [0.3, 0.4) is 0 Å². The second kappa shape index (κ2) is 9.69. The number of nitrogens with zero attached hydrogens (tertiary/aromatic N) is 1. The van der Waals surface area contributed by atoms with Gasteiger partial charge < -0.3 is 8.98 Å². The van der Waals surface area contributed by atoms with E-state index in [0.29, 0.717) is 0 Å². The first-order valence-electron chi connectivity index (χ1n) is 15.8. The molecule has 2 heteroatoms. The fourth-order valence-electron chi connectivity index (χ4n) is 7.63. The van der Waals surface area contributed by atoms with Crippen LogP contribution in [0.2, 0.25) is 0 Å². The topological polar surface area (TPSA) is 18.1 Å². The Kier molecular flexibility index (Phi) is 5.31. The second-order valence-corrected chi connectivity index (χ2v) is 12.0. The van der Waals surface area contributed by atoms with Crippen LogP contribution in [-0.2, 0) is 0 Å². The summed E-state index contributed by atoms with van der Waals surface area (Å²) in [6.45, 7) is 0. The lowest BCUT2D eigenvalue weighted by atomic mass is 9.86. The molecular formula is C44H27NO. The van der Waals surface area contributed by atoms with Gasteiger partial charge in [-0.25, -0.2) is 0 Å². The van der Waals surface area contributed by atoms with Gasteiger partial charge in [0.25, 0.3) is 0 Å². The Morgan fingerprint density at radius 2 is 0.848 bits per heavy atom. The molecule has 0 saturated heterocycles. The van der Waals surface area contributed by atoms with Gasteiger partial charge in [0.2, 0.25) is 0 Å². The fraction of sp³-hybridized carbons (Fsp3) is 0. The van der Waals surface area contributed by atoms with Crippen LogP contribution in [0, 0.1) is 0 Å². The summed E-state index contributed by atoms with van der Waals surface area (Å²) in [5.74, 6) is 0. The number of benzene rings is 8. The van der Waals surface area contributed by atoms with Crippen molar-refractivity contribution in [3.8, 4) is 27.9 Å². The summed E-state index contributed by atoms with van der Waals surface area (Å²) in [5, 5.41) is 9.74. The van der Waals surface area contributed by atoms with Crippen LogP contribution in [-0.4, -0.2) is 4.57 Å². The number of aromatic nitrogens is 1. The highest BCUT2D eigenvalue weighted by Gasteiger charge is 2.20. The molecule has 2 nitrogen and oxygen atoms in total. The lowest BCUT2D eigenvalue weighted by molar-refractivity contribution is 0.671. The van der Waals surface area contributed by atoms with Crippen molar-refractivity contribution in [3.63, 3.8) is 0 Å². The van der Waals surface area contributed by atoms with Crippen LogP contribution in [0.4, 0.5) is 0 Å². The number of furan rings is 1. The molecule has 0 unspecified atom stereocenters. The molecule has 0 aliphatic rings. The molecule has 0 spiro atoms. The Morgan fingerprint density at radius 1 is 0.348 bits per heavy atom. The molecule has 2 aromatic heterocycles. The summed E-state index contributed by atoms with van der Waals surface area (Å²) < 4.78 is 8.94. The molecule has 0 aliphatic carbocycles. The SMILES string of the molecule is c1ccc(-c2c3ccccc3c(-c3ccc(-n4c5ccccc5c5ccc6c7ccccc7oc6c54)cc3)c3ccccc23)cc1. The van der Waals surface area contributed by atoms with Crippen molar-refractivity contribution in [2.45, 2.75) is 0 Å². The number of para-hydroxylation sites is 2. The predicted octanol–water partition coefficient (Wildman–Crippen LogP) is 12.3. The molecule has 0 aliphatic heterocycles. The molecule has 0 saturated carbocycles. The van der Waals surface area contributed by atoms with E-state index in [1.807, 2.05) is 6.07 Å². The Balaban J connectivity index is 1.23. The van der Waals surface area contributed by atoms with Crippen molar-refractivity contribution in [1.82, 2.24) is 4.57 Å². The maximum absolute atomic E-state index is 6.57. The molecular weight excluding hydrogens is 558 g/mol. The van der Waals surface area contributed by atoms with Crippen molar-refractivity contribution in [2.75, 3.05) is 0 Å². The molecule has 46 heavy (non-hydrogen) atoms. The van der Waals surface area contributed by atoms with Gasteiger partial charge in [-0.2, -0.15) is 0 Å². The predicted molar refractivity (Wildman–Crippen MR) is 194 cm³/mol. The third kappa shape index (κ3) is 3.53. The van der Waals surface area contributed by atoms with Crippen molar-refractivity contribution in [3.05, 3.63) is 164 Å². The minimum absolute atomic E-state index is 0.912. The Hall–Kier alpha value is -6.12. The highest BCUT2D eigenvalue weighted by molar-refractivity contribution is 6.23. The van der Waals surface area contributed by atoms with Crippen LogP contribution >= 0.6 is 0 Å². The summed E-state index contributed by atoms with van der Waals surface area (Å²) in [4.78, 5) is 0. The summed E-state index contributed by atoms with van der Waals surface area (Å²) >= 11 is 0. The minimum Gasteiger partial charge on any atom is -0.454 e. The molecule has 0 N–H and O–H groups in total. The average molecular weight is 586 g/mol. The van der Waals surface area contributed by atoms with Gasteiger partial charge in [-0.1, -0.05) is 133 Å². The Bertz CT molecular complexity index is 2730. The summed E-state index contributed by atoms with van der Waals surface area (Å²) in [5.41, 5.74) is 10.2. The van der Waals surface area contributed by atoms with E-state index < -0.39 is 0 Å². The Morgan fingerprint density at radius 3 is 1.50 bits per heavy atom. The quantitative estimate of drug-likeness (QED) is 0.189. The van der Waals surface area contributed by atoms with Gasteiger partial charge in [0, 0.05) is 27.2 Å². The molecule has 214 valence electrons. The van der Waals surface area contributed by atoms with Gasteiger partial charge >= 0.3 is 0 Å². The van der Waals surface area contributed by atoms with Gasteiger partial charge in [-0.05, 0) is 74.1 Å². The van der Waals surface area contributed by atoms with Gasteiger partial charge in [0.05, 0.1) is 11.0 Å². The summed E-state index contributed by atoms with van der Waals surface area (Å²) in [6, 6.07) is 59.0. The van der Waals surface area contributed by atoms with Crippen LogP contribution in [0.5, 0.6) is 0 Å². The molecule has 10 aromatic rings. The Labute approximate surface area is 265 Å². The minimum atomic E-state index is 0.912. The van der Waals surface area contributed by atoms with E-state index >= 15 is 0 Å². The largest absolute Gasteiger partial charge is 0.454 e. The smallest absolute Gasteiger partial charge is 0.160 e. The number of fused-ring (bicyclic) bond motifs is 9. The zero-order chi connectivity index (χ0) is 30.2. The first kappa shape index (κ1) is 25.2.